The second-order valence-corrected chi connectivity index (χ2v) is 8.77. The zero-order chi connectivity index (χ0) is 33.1. The molecule has 0 aliphatic carbocycles. The minimum absolute atomic E-state index is 0.131. The Labute approximate surface area is 243 Å². The molecule has 0 bridgehead atoms. The van der Waals surface area contributed by atoms with Crippen LogP contribution in [0.4, 0.5) is 37.7 Å². The van der Waals surface area contributed by atoms with E-state index in [9.17, 15) is 46.0 Å². The van der Waals surface area contributed by atoms with E-state index in [0.717, 1.165) is 37.0 Å². The number of nitro benzene ring substituents is 1. The van der Waals surface area contributed by atoms with Crippen molar-refractivity contribution in [2.24, 2.45) is 0 Å². The maximum absolute atomic E-state index is 13.3. The van der Waals surface area contributed by atoms with E-state index in [1.807, 2.05) is 0 Å². The number of benzene rings is 2. The number of esters is 2. The van der Waals surface area contributed by atoms with Gasteiger partial charge in [0.05, 0.1) is 47.2 Å². The summed E-state index contributed by atoms with van der Waals surface area (Å²) in [4.78, 5) is 40.9. The van der Waals surface area contributed by atoms with Gasteiger partial charge in [0.1, 0.15) is 17.2 Å². The molecule has 0 spiro atoms. The average molecular weight is 628 g/mol. The number of hydrogen-bond donors (Lipinski definition) is 1. The number of nitrogen functional groups attached to an aromatic ring is 1. The average Bonchev–Trinajstić information content (AvgIpc) is 3.58. The van der Waals surface area contributed by atoms with Crippen LogP contribution in [0.15, 0.2) is 49.1 Å². The second-order valence-electron chi connectivity index (χ2n) is 8.77. The number of halogens is 6. The summed E-state index contributed by atoms with van der Waals surface area (Å²) in [7, 11) is 2.10. The molecule has 12 nitrogen and oxygen atoms in total. The van der Waals surface area contributed by atoms with Gasteiger partial charge in [0.2, 0.25) is 0 Å². The smallest absolute Gasteiger partial charge is 0.418 e. The maximum Gasteiger partial charge on any atom is 0.418 e. The largest absolute Gasteiger partial charge is 0.465 e. The first kappa shape index (κ1) is 33.1. The van der Waals surface area contributed by atoms with E-state index in [1.54, 1.807) is 6.92 Å². The number of nitro groups is 1. The molecule has 234 valence electrons. The van der Waals surface area contributed by atoms with Gasteiger partial charge >= 0.3 is 24.3 Å². The fraction of sp³-hybridized carbons (Fsp3) is 0.231. The predicted molar refractivity (Wildman–Crippen MR) is 140 cm³/mol. The summed E-state index contributed by atoms with van der Waals surface area (Å²) in [5.41, 5.74) is 0.669. The molecule has 0 aliphatic rings. The van der Waals surface area contributed by atoms with Crippen LogP contribution >= 0.6 is 0 Å². The number of hydrogen-bond acceptors (Lipinski definition) is 9. The van der Waals surface area contributed by atoms with Crippen molar-refractivity contribution < 1.29 is 50.3 Å². The zero-order valence-corrected chi connectivity index (χ0v) is 23.1. The lowest BCUT2D eigenvalue weighted by molar-refractivity contribution is -0.385. The van der Waals surface area contributed by atoms with Crippen molar-refractivity contribution in [3.63, 3.8) is 0 Å². The Kier molecular flexibility index (Phi) is 9.35. The van der Waals surface area contributed by atoms with Crippen LogP contribution in [-0.2, 0) is 21.8 Å². The number of methoxy groups -OCH3 is 2. The fourth-order valence-corrected chi connectivity index (χ4v) is 4.01. The molecule has 2 N–H and O–H groups in total. The van der Waals surface area contributed by atoms with Crippen LogP contribution < -0.4 is 5.73 Å². The van der Waals surface area contributed by atoms with Gasteiger partial charge in [-0.1, -0.05) is 0 Å². The number of rotatable bonds is 5. The van der Waals surface area contributed by atoms with Crippen molar-refractivity contribution in [3.8, 4) is 11.4 Å². The van der Waals surface area contributed by atoms with Crippen molar-refractivity contribution in [3.05, 3.63) is 93.1 Å². The van der Waals surface area contributed by atoms with E-state index in [4.69, 9.17) is 5.73 Å². The topological polar surface area (TPSA) is 157 Å². The SMILES string of the molecule is COC(=O)c1cc(-n2ccnc2C)c(C(F)(F)F)cc1N.COC(=O)c1cc(-n2ccnc2C)c(C(F)(F)F)cc1[N+](=O)[O-]. The molecular weight excluding hydrogens is 606 g/mol. The molecule has 44 heavy (non-hydrogen) atoms. The third-order valence-corrected chi connectivity index (χ3v) is 6.07. The highest BCUT2D eigenvalue weighted by Crippen LogP contribution is 2.39. The molecule has 18 heteroatoms. The van der Waals surface area contributed by atoms with Crippen LogP contribution in [0.3, 0.4) is 0 Å². The van der Waals surface area contributed by atoms with Crippen LogP contribution in [0.25, 0.3) is 11.4 Å². The summed E-state index contributed by atoms with van der Waals surface area (Å²) in [5.74, 6) is -1.34. The quantitative estimate of drug-likeness (QED) is 0.0996. The number of ether oxygens (including phenoxy) is 2. The number of carbonyl (C=O) groups is 2. The molecule has 2 aromatic heterocycles. The van der Waals surface area contributed by atoms with E-state index in [2.05, 4.69) is 19.4 Å². The molecule has 0 saturated heterocycles. The minimum Gasteiger partial charge on any atom is -0.465 e. The Morgan fingerprint density at radius 2 is 1.20 bits per heavy atom. The fourth-order valence-electron chi connectivity index (χ4n) is 4.01. The molecule has 2 aromatic carbocycles. The first-order valence-electron chi connectivity index (χ1n) is 12.0. The standard InChI is InChI=1S/C13H10F3N3O4.C13H12F3N3O2/c1-7-17-3-4-18(7)11-5-8(12(20)23-2)10(19(21)22)6-9(11)13(14,15)16;1-7-18-3-4-19(7)11-5-8(12(20)21-2)10(17)6-9(11)13(14,15)16/h3-6H,1-2H3;3-6H,17H2,1-2H3. The van der Waals surface area contributed by atoms with Gasteiger partial charge in [0, 0.05) is 36.5 Å². The lowest BCUT2D eigenvalue weighted by Gasteiger charge is -2.17. The predicted octanol–water partition coefficient (Wildman–Crippen LogP) is 5.46. The Morgan fingerprint density at radius 1 is 0.795 bits per heavy atom. The molecule has 4 aromatic rings. The van der Waals surface area contributed by atoms with Gasteiger partial charge < -0.3 is 24.3 Å². The summed E-state index contributed by atoms with van der Waals surface area (Å²) >= 11 is 0. The van der Waals surface area contributed by atoms with E-state index < -0.39 is 57.3 Å². The molecule has 0 aliphatic heterocycles. The summed E-state index contributed by atoms with van der Waals surface area (Å²) in [5, 5.41) is 11.0. The molecule has 0 amide bonds. The van der Waals surface area contributed by atoms with E-state index in [0.29, 0.717) is 11.9 Å². The van der Waals surface area contributed by atoms with Crippen LogP contribution in [0.1, 0.15) is 43.5 Å². The molecule has 0 saturated carbocycles. The van der Waals surface area contributed by atoms with Gasteiger partial charge in [-0.15, -0.1) is 0 Å². The highest BCUT2D eigenvalue weighted by atomic mass is 19.4. The van der Waals surface area contributed by atoms with E-state index in [-0.39, 0.29) is 22.8 Å². The summed E-state index contributed by atoms with van der Waals surface area (Å²) in [6, 6.07) is 2.88. The van der Waals surface area contributed by atoms with Crippen molar-refractivity contribution in [2.75, 3.05) is 20.0 Å². The van der Waals surface area contributed by atoms with Crippen molar-refractivity contribution in [1.29, 1.82) is 0 Å². The highest BCUT2D eigenvalue weighted by molar-refractivity contribution is 5.96. The van der Waals surface area contributed by atoms with Crippen molar-refractivity contribution in [1.82, 2.24) is 19.1 Å². The molecule has 0 unspecified atom stereocenters. The number of carbonyl (C=O) groups excluding carboxylic acids is 2. The van der Waals surface area contributed by atoms with Gasteiger partial charge in [-0.3, -0.25) is 10.1 Å². The Balaban J connectivity index is 0.000000241. The normalized spacial score (nSPS) is 11.4. The van der Waals surface area contributed by atoms with Crippen molar-refractivity contribution in [2.45, 2.75) is 26.2 Å². The molecular formula is C26H22F6N6O6. The number of anilines is 1. The van der Waals surface area contributed by atoms with Crippen LogP contribution in [0, 0.1) is 24.0 Å². The summed E-state index contributed by atoms with van der Waals surface area (Å²) in [6.07, 6.45) is -4.21. The lowest BCUT2D eigenvalue weighted by Crippen LogP contribution is -2.15. The monoisotopic (exact) mass is 628 g/mol. The lowest BCUT2D eigenvalue weighted by atomic mass is 10.1. The number of imidazole rings is 2. The second kappa shape index (κ2) is 12.4. The third kappa shape index (κ3) is 6.79. The molecule has 2 heterocycles. The van der Waals surface area contributed by atoms with Gasteiger partial charge in [-0.2, -0.15) is 26.3 Å². The number of nitrogens with zero attached hydrogens (tertiary/aromatic N) is 5. The number of aryl methyl sites for hydroxylation is 2. The first-order valence-corrected chi connectivity index (χ1v) is 12.0. The van der Waals surface area contributed by atoms with Gasteiger partial charge in [0.25, 0.3) is 5.69 Å². The molecule has 4 rings (SSSR count). The maximum atomic E-state index is 13.3. The van der Waals surface area contributed by atoms with Gasteiger partial charge in [0.15, 0.2) is 0 Å². The third-order valence-electron chi connectivity index (χ3n) is 6.07. The minimum atomic E-state index is -4.86. The summed E-state index contributed by atoms with van der Waals surface area (Å²) in [6.45, 7) is 3.01. The van der Waals surface area contributed by atoms with Crippen LogP contribution in [0.2, 0.25) is 0 Å². The van der Waals surface area contributed by atoms with Gasteiger partial charge in [-0.05, 0) is 32.0 Å². The number of alkyl halides is 6. The molecule has 0 atom stereocenters. The zero-order valence-electron chi connectivity index (χ0n) is 23.1. The Bertz CT molecular complexity index is 1730. The summed E-state index contributed by atoms with van der Waals surface area (Å²) < 4.78 is 90.5. The van der Waals surface area contributed by atoms with E-state index in [1.165, 1.54) is 36.3 Å². The van der Waals surface area contributed by atoms with Crippen molar-refractivity contribution >= 4 is 23.3 Å². The van der Waals surface area contributed by atoms with Crippen LogP contribution in [0.5, 0.6) is 0 Å². The molecule has 0 radical (unpaired) electrons. The Hall–Kier alpha value is -5.42. The highest BCUT2D eigenvalue weighted by Gasteiger charge is 2.39. The number of nitrogens with two attached hydrogens (primary N) is 1. The number of aromatic nitrogens is 4. The first-order chi connectivity index (χ1) is 20.4. The van der Waals surface area contributed by atoms with E-state index >= 15 is 0 Å². The van der Waals surface area contributed by atoms with Crippen LogP contribution in [-0.4, -0.2) is 50.2 Å². The molecule has 0 fully saturated rings. The Morgan fingerprint density at radius 3 is 1.57 bits per heavy atom. The van der Waals surface area contributed by atoms with Gasteiger partial charge in [-0.25, -0.2) is 19.6 Å².